The van der Waals surface area contributed by atoms with Gasteiger partial charge in [0.25, 0.3) is 5.88 Å². The minimum atomic E-state index is -0.510. The first-order valence-corrected chi connectivity index (χ1v) is 6.49. The van der Waals surface area contributed by atoms with Gasteiger partial charge in [-0.2, -0.15) is 4.98 Å². The van der Waals surface area contributed by atoms with Crippen LogP contribution in [0.1, 0.15) is 6.92 Å². The van der Waals surface area contributed by atoms with Gasteiger partial charge in [-0.05, 0) is 36.4 Å². The zero-order valence-corrected chi connectivity index (χ0v) is 11.6. The first-order valence-electron chi connectivity index (χ1n) is 6.49. The van der Waals surface area contributed by atoms with E-state index in [1.54, 1.807) is 24.5 Å². The summed E-state index contributed by atoms with van der Waals surface area (Å²) in [6, 6.07) is 9.16. The molecule has 0 aliphatic heterocycles. The lowest BCUT2D eigenvalue weighted by molar-refractivity contribution is -0.132. The third kappa shape index (κ3) is 2.85. The summed E-state index contributed by atoms with van der Waals surface area (Å²) in [5, 5.41) is 0. The van der Waals surface area contributed by atoms with Gasteiger partial charge in [0.2, 0.25) is 11.7 Å². The van der Waals surface area contributed by atoms with E-state index in [-0.39, 0.29) is 17.6 Å². The highest BCUT2D eigenvalue weighted by atomic mass is 19.1. The van der Waals surface area contributed by atoms with Crippen LogP contribution in [0.5, 0.6) is 5.88 Å². The molecule has 0 fully saturated rings. The molecule has 2 aromatic heterocycles. The molecule has 0 aliphatic rings. The Morgan fingerprint density at radius 3 is 2.59 bits per heavy atom. The molecule has 0 N–H and O–H groups in total. The van der Waals surface area contributed by atoms with E-state index in [2.05, 4.69) is 9.97 Å². The van der Waals surface area contributed by atoms with Crippen molar-refractivity contribution in [3.8, 4) is 28.7 Å². The van der Waals surface area contributed by atoms with Crippen molar-refractivity contribution in [3.63, 3.8) is 0 Å². The molecule has 0 atom stereocenters. The van der Waals surface area contributed by atoms with Crippen molar-refractivity contribution in [2.24, 2.45) is 0 Å². The molecular weight excluding hydrogens is 287 g/mol. The van der Waals surface area contributed by atoms with Crippen LogP contribution in [-0.2, 0) is 4.79 Å². The van der Waals surface area contributed by atoms with Gasteiger partial charge in [0, 0.05) is 30.4 Å². The number of rotatable bonds is 3. The van der Waals surface area contributed by atoms with E-state index in [1.165, 1.54) is 31.2 Å². The van der Waals surface area contributed by atoms with Crippen molar-refractivity contribution in [2.45, 2.75) is 6.92 Å². The second-order valence-electron chi connectivity index (χ2n) is 4.50. The van der Waals surface area contributed by atoms with Gasteiger partial charge in [0.05, 0.1) is 0 Å². The molecule has 110 valence electrons. The number of esters is 1. The number of carbonyl (C=O) groups excluding carboxylic acids is 1. The molecule has 2 heterocycles. The van der Waals surface area contributed by atoms with Crippen molar-refractivity contribution in [1.29, 1.82) is 0 Å². The standard InChI is InChI=1S/C16H11FN2O3/c1-10(20)21-16-14(12-3-2-8-18-9-12)22-15(19-16)11-4-6-13(17)7-5-11/h2-9H,1H3. The van der Waals surface area contributed by atoms with Crippen LogP contribution in [0.25, 0.3) is 22.8 Å². The number of ether oxygens (including phenoxy) is 1. The topological polar surface area (TPSA) is 65.2 Å². The molecule has 3 rings (SSSR count). The van der Waals surface area contributed by atoms with Crippen LogP contribution < -0.4 is 4.74 Å². The molecule has 0 bridgehead atoms. The van der Waals surface area contributed by atoms with Crippen LogP contribution in [0, 0.1) is 5.82 Å². The lowest BCUT2D eigenvalue weighted by Crippen LogP contribution is -2.02. The van der Waals surface area contributed by atoms with Crippen molar-refractivity contribution < 1.29 is 18.3 Å². The fourth-order valence-electron chi connectivity index (χ4n) is 1.91. The van der Waals surface area contributed by atoms with E-state index < -0.39 is 5.97 Å². The summed E-state index contributed by atoms with van der Waals surface area (Å²) in [6.45, 7) is 1.28. The third-order valence-electron chi connectivity index (χ3n) is 2.85. The summed E-state index contributed by atoms with van der Waals surface area (Å²) in [7, 11) is 0. The first-order chi connectivity index (χ1) is 10.6. The highest BCUT2D eigenvalue weighted by Crippen LogP contribution is 2.34. The van der Waals surface area contributed by atoms with Crippen molar-refractivity contribution in [3.05, 3.63) is 54.6 Å². The van der Waals surface area contributed by atoms with E-state index in [4.69, 9.17) is 9.15 Å². The van der Waals surface area contributed by atoms with Crippen LogP contribution in [0.4, 0.5) is 4.39 Å². The molecule has 0 aliphatic carbocycles. The first kappa shape index (κ1) is 13.9. The van der Waals surface area contributed by atoms with Gasteiger partial charge < -0.3 is 9.15 Å². The maximum absolute atomic E-state index is 13.0. The van der Waals surface area contributed by atoms with Crippen LogP contribution in [-0.4, -0.2) is 15.9 Å². The Labute approximate surface area is 125 Å². The maximum Gasteiger partial charge on any atom is 0.309 e. The Bertz CT molecular complexity index is 798. The van der Waals surface area contributed by atoms with E-state index in [0.717, 1.165) is 0 Å². The summed E-state index contributed by atoms with van der Waals surface area (Å²) in [4.78, 5) is 19.4. The Balaban J connectivity index is 2.08. The fraction of sp³-hybridized carbons (Fsp3) is 0.0625. The van der Waals surface area contributed by atoms with Gasteiger partial charge in [-0.1, -0.05) is 0 Å². The number of hydrogen-bond acceptors (Lipinski definition) is 5. The molecule has 22 heavy (non-hydrogen) atoms. The molecular formula is C16H11FN2O3. The maximum atomic E-state index is 13.0. The smallest absolute Gasteiger partial charge is 0.309 e. The van der Waals surface area contributed by atoms with E-state index in [9.17, 15) is 9.18 Å². The molecule has 0 saturated heterocycles. The Morgan fingerprint density at radius 2 is 1.95 bits per heavy atom. The average Bonchev–Trinajstić information content (AvgIpc) is 2.92. The fourth-order valence-corrected chi connectivity index (χ4v) is 1.91. The van der Waals surface area contributed by atoms with Gasteiger partial charge in [0.15, 0.2) is 0 Å². The van der Waals surface area contributed by atoms with E-state index >= 15 is 0 Å². The quantitative estimate of drug-likeness (QED) is 0.693. The normalized spacial score (nSPS) is 10.5. The molecule has 0 saturated carbocycles. The van der Waals surface area contributed by atoms with Crippen LogP contribution in [0.3, 0.4) is 0 Å². The number of halogens is 1. The monoisotopic (exact) mass is 298 g/mol. The number of aromatic nitrogens is 2. The number of pyridine rings is 1. The zero-order chi connectivity index (χ0) is 15.5. The minimum absolute atomic E-state index is 0.0554. The summed E-state index contributed by atoms with van der Waals surface area (Å²) < 4.78 is 23.8. The second-order valence-corrected chi connectivity index (χ2v) is 4.50. The number of nitrogens with zero attached hydrogens (tertiary/aromatic N) is 2. The van der Waals surface area contributed by atoms with Gasteiger partial charge in [0.1, 0.15) is 5.82 Å². The molecule has 6 heteroatoms. The van der Waals surface area contributed by atoms with Gasteiger partial charge in [-0.3, -0.25) is 9.78 Å². The Hall–Kier alpha value is -3.02. The van der Waals surface area contributed by atoms with Crippen molar-refractivity contribution in [2.75, 3.05) is 0 Å². The second kappa shape index (κ2) is 5.77. The summed E-state index contributed by atoms with van der Waals surface area (Å²) in [5.74, 6) is -0.287. The van der Waals surface area contributed by atoms with Gasteiger partial charge >= 0.3 is 5.97 Å². The number of benzene rings is 1. The zero-order valence-electron chi connectivity index (χ0n) is 11.6. The Morgan fingerprint density at radius 1 is 1.18 bits per heavy atom. The number of hydrogen-bond donors (Lipinski definition) is 0. The predicted octanol–water partition coefficient (Wildman–Crippen LogP) is 3.47. The SMILES string of the molecule is CC(=O)Oc1nc(-c2ccc(F)cc2)oc1-c1cccnc1. The molecule has 3 aromatic rings. The van der Waals surface area contributed by atoms with Crippen molar-refractivity contribution in [1.82, 2.24) is 9.97 Å². The lowest BCUT2D eigenvalue weighted by Gasteiger charge is -1.99. The molecule has 5 nitrogen and oxygen atoms in total. The van der Waals surface area contributed by atoms with Crippen molar-refractivity contribution >= 4 is 5.97 Å². The summed E-state index contributed by atoms with van der Waals surface area (Å²) in [5.41, 5.74) is 1.20. The lowest BCUT2D eigenvalue weighted by atomic mass is 10.2. The molecule has 1 aromatic carbocycles. The van der Waals surface area contributed by atoms with Crippen LogP contribution in [0.2, 0.25) is 0 Å². The summed E-state index contributed by atoms with van der Waals surface area (Å²) >= 11 is 0. The highest BCUT2D eigenvalue weighted by molar-refractivity contribution is 5.73. The van der Waals surface area contributed by atoms with Crippen LogP contribution in [0.15, 0.2) is 53.2 Å². The van der Waals surface area contributed by atoms with E-state index in [1.807, 2.05) is 0 Å². The molecule has 0 radical (unpaired) electrons. The largest absolute Gasteiger partial charge is 0.432 e. The van der Waals surface area contributed by atoms with Gasteiger partial charge in [-0.25, -0.2) is 4.39 Å². The molecule has 0 amide bonds. The van der Waals surface area contributed by atoms with Crippen LogP contribution >= 0.6 is 0 Å². The number of carbonyl (C=O) groups is 1. The number of oxazole rings is 1. The predicted molar refractivity (Wildman–Crippen MR) is 76.4 cm³/mol. The third-order valence-corrected chi connectivity index (χ3v) is 2.85. The van der Waals surface area contributed by atoms with Gasteiger partial charge in [-0.15, -0.1) is 0 Å². The molecule has 0 unspecified atom stereocenters. The average molecular weight is 298 g/mol. The van der Waals surface area contributed by atoms with E-state index in [0.29, 0.717) is 16.9 Å². The Kier molecular flexibility index (Phi) is 3.65. The molecule has 0 spiro atoms. The minimum Gasteiger partial charge on any atom is -0.432 e. The highest BCUT2D eigenvalue weighted by Gasteiger charge is 2.19. The summed E-state index contributed by atoms with van der Waals surface area (Å²) in [6.07, 6.45) is 3.19.